The van der Waals surface area contributed by atoms with Crippen LogP contribution in [0.3, 0.4) is 0 Å². The lowest BCUT2D eigenvalue weighted by atomic mass is 10.1. The van der Waals surface area contributed by atoms with Crippen molar-refractivity contribution in [3.63, 3.8) is 0 Å². The third-order valence-corrected chi connectivity index (χ3v) is 4.65. The number of carboxylic acid groups (broad SMARTS) is 1. The first-order valence-corrected chi connectivity index (χ1v) is 9.00. The number of aromatic nitrogens is 2. The van der Waals surface area contributed by atoms with Gasteiger partial charge in [-0.2, -0.15) is 0 Å². The van der Waals surface area contributed by atoms with Crippen LogP contribution in [-0.2, 0) is 4.79 Å². The lowest BCUT2D eigenvalue weighted by molar-refractivity contribution is -0.298. The fraction of sp³-hybridized carbons (Fsp3) is 0.105. The van der Waals surface area contributed by atoms with E-state index in [4.69, 9.17) is 20.8 Å². The van der Waals surface area contributed by atoms with Crippen molar-refractivity contribution >= 4 is 35.4 Å². The summed E-state index contributed by atoms with van der Waals surface area (Å²) in [5.74, 6) is -0.652. The van der Waals surface area contributed by atoms with Crippen LogP contribution in [0, 0.1) is 6.92 Å². The summed E-state index contributed by atoms with van der Waals surface area (Å²) in [6.45, 7) is 1.95. The maximum absolute atomic E-state index is 11.5. The van der Waals surface area contributed by atoms with Gasteiger partial charge in [-0.1, -0.05) is 41.4 Å². The molecule has 0 bridgehead atoms. The van der Waals surface area contributed by atoms with Gasteiger partial charge in [-0.3, -0.25) is 0 Å². The number of rotatable bonds is 6. The van der Waals surface area contributed by atoms with Gasteiger partial charge in [-0.05, 0) is 48.5 Å². The molecule has 0 aliphatic carbocycles. The van der Waals surface area contributed by atoms with Crippen molar-refractivity contribution in [1.29, 1.82) is 0 Å². The first-order chi connectivity index (χ1) is 13.0. The first-order valence-electron chi connectivity index (χ1n) is 7.81. The van der Waals surface area contributed by atoms with Gasteiger partial charge in [0.05, 0.1) is 18.6 Å². The zero-order valence-electron chi connectivity index (χ0n) is 14.4. The Balaban J connectivity index is 1.88. The van der Waals surface area contributed by atoms with E-state index in [0.29, 0.717) is 16.3 Å². The molecule has 0 aliphatic heterocycles. The lowest BCUT2D eigenvalue weighted by Crippen LogP contribution is -2.23. The molecular weight excluding hydrogens is 388 g/mol. The molecular formula is C19H14ClN2O4S-. The van der Waals surface area contributed by atoms with Crippen LogP contribution in [0.2, 0.25) is 5.02 Å². The van der Waals surface area contributed by atoms with Crippen LogP contribution in [0.15, 0.2) is 57.0 Å². The standard InChI is InChI=1S/C19H15ClN2O4S/c1-11-3-5-12(6-4-11)9-16(18(23)24)27-19-22-21-17(26-19)14-10-13(20)7-8-15(14)25-2/h3-10H,1-2H3,(H,23,24)/p-1/b16-9-. The van der Waals surface area contributed by atoms with E-state index >= 15 is 0 Å². The molecule has 0 atom stereocenters. The van der Waals surface area contributed by atoms with Crippen molar-refractivity contribution in [1.82, 2.24) is 10.2 Å². The van der Waals surface area contributed by atoms with E-state index in [0.717, 1.165) is 22.9 Å². The molecule has 0 fully saturated rings. The fourth-order valence-electron chi connectivity index (χ4n) is 2.25. The van der Waals surface area contributed by atoms with Gasteiger partial charge in [0.1, 0.15) is 5.75 Å². The smallest absolute Gasteiger partial charge is 0.281 e. The number of halogens is 1. The van der Waals surface area contributed by atoms with Crippen molar-refractivity contribution < 1.29 is 19.1 Å². The van der Waals surface area contributed by atoms with Crippen molar-refractivity contribution in [3.8, 4) is 17.2 Å². The summed E-state index contributed by atoms with van der Waals surface area (Å²) in [4.78, 5) is 11.4. The first kappa shape index (κ1) is 19.0. The summed E-state index contributed by atoms with van der Waals surface area (Å²) < 4.78 is 10.8. The second-order valence-electron chi connectivity index (χ2n) is 5.53. The fourth-order valence-corrected chi connectivity index (χ4v) is 3.09. The summed E-state index contributed by atoms with van der Waals surface area (Å²) in [5, 5.41) is 19.9. The highest BCUT2D eigenvalue weighted by Crippen LogP contribution is 2.34. The maximum Gasteiger partial charge on any atom is 0.281 e. The van der Waals surface area contributed by atoms with E-state index in [2.05, 4.69) is 10.2 Å². The molecule has 1 heterocycles. The van der Waals surface area contributed by atoms with Crippen molar-refractivity contribution in [3.05, 3.63) is 63.5 Å². The SMILES string of the molecule is COc1ccc(Cl)cc1-c1nnc(S/C(=C\c2ccc(C)cc2)C(=O)[O-])o1. The average Bonchev–Trinajstić information content (AvgIpc) is 3.11. The lowest BCUT2D eigenvalue weighted by Gasteiger charge is -2.06. The van der Waals surface area contributed by atoms with Crippen LogP contribution < -0.4 is 9.84 Å². The Morgan fingerprint density at radius 3 is 2.63 bits per heavy atom. The zero-order chi connectivity index (χ0) is 19.4. The Kier molecular flexibility index (Phi) is 5.83. The normalized spacial score (nSPS) is 11.4. The Bertz CT molecular complexity index is 999. The van der Waals surface area contributed by atoms with Gasteiger partial charge in [0.15, 0.2) is 0 Å². The third kappa shape index (κ3) is 4.69. The molecule has 0 saturated heterocycles. The number of hydrogen-bond donors (Lipinski definition) is 0. The number of hydrogen-bond acceptors (Lipinski definition) is 7. The number of carbonyl (C=O) groups is 1. The second kappa shape index (κ2) is 8.28. The summed E-state index contributed by atoms with van der Waals surface area (Å²) in [6, 6.07) is 12.4. The van der Waals surface area contributed by atoms with Crippen LogP contribution in [0.5, 0.6) is 5.75 Å². The zero-order valence-corrected chi connectivity index (χ0v) is 16.0. The molecule has 0 radical (unpaired) electrons. The molecule has 0 spiro atoms. The largest absolute Gasteiger partial charge is 0.544 e. The summed E-state index contributed by atoms with van der Waals surface area (Å²) in [5.41, 5.74) is 2.32. The molecule has 3 aromatic rings. The number of carboxylic acids is 1. The molecule has 27 heavy (non-hydrogen) atoms. The van der Waals surface area contributed by atoms with Crippen molar-refractivity contribution in [2.45, 2.75) is 12.1 Å². The molecule has 3 rings (SSSR count). The highest BCUT2D eigenvalue weighted by Gasteiger charge is 2.16. The van der Waals surface area contributed by atoms with Gasteiger partial charge >= 0.3 is 0 Å². The van der Waals surface area contributed by atoms with Crippen LogP contribution in [0.25, 0.3) is 17.5 Å². The predicted molar refractivity (Wildman–Crippen MR) is 101 cm³/mol. The predicted octanol–water partition coefficient (Wildman–Crippen LogP) is 3.59. The summed E-state index contributed by atoms with van der Waals surface area (Å²) >= 11 is 6.83. The molecule has 138 valence electrons. The van der Waals surface area contributed by atoms with Crippen LogP contribution in [0.1, 0.15) is 11.1 Å². The van der Waals surface area contributed by atoms with Gasteiger partial charge < -0.3 is 19.1 Å². The van der Waals surface area contributed by atoms with E-state index in [1.165, 1.54) is 13.2 Å². The minimum absolute atomic E-state index is 0.0490. The van der Waals surface area contributed by atoms with Crippen molar-refractivity contribution in [2.24, 2.45) is 0 Å². The third-order valence-electron chi connectivity index (χ3n) is 3.57. The maximum atomic E-state index is 11.5. The van der Waals surface area contributed by atoms with E-state index in [-0.39, 0.29) is 16.0 Å². The molecule has 1 aromatic heterocycles. The number of aliphatic carboxylic acids is 1. The second-order valence-corrected chi connectivity index (χ2v) is 6.96. The molecule has 0 N–H and O–H groups in total. The van der Waals surface area contributed by atoms with Crippen molar-refractivity contribution in [2.75, 3.05) is 7.11 Å². The van der Waals surface area contributed by atoms with Crippen LogP contribution in [-0.4, -0.2) is 23.3 Å². The molecule has 0 unspecified atom stereocenters. The Labute approximate surface area is 164 Å². The minimum Gasteiger partial charge on any atom is -0.544 e. The van der Waals surface area contributed by atoms with E-state index in [1.807, 2.05) is 31.2 Å². The van der Waals surface area contributed by atoms with Crippen LogP contribution in [0.4, 0.5) is 0 Å². The molecule has 0 saturated carbocycles. The Hall–Kier alpha value is -2.77. The number of aryl methyl sites for hydroxylation is 1. The highest BCUT2D eigenvalue weighted by atomic mass is 35.5. The molecule has 2 aromatic carbocycles. The number of thioether (sulfide) groups is 1. The number of ether oxygens (including phenoxy) is 1. The topological polar surface area (TPSA) is 88.3 Å². The van der Waals surface area contributed by atoms with Crippen LogP contribution >= 0.6 is 23.4 Å². The van der Waals surface area contributed by atoms with E-state index < -0.39 is 5.97 Å². The van der Waals surface area contributed by atoms with Gasteiger partial charge in [0.2, 0.25) is 0 Å². The number of nitrogens with zero attached hydrogens (tertiary/aromatic N) is 2. The van der Waals surface area contributed by atoms with E-state index in [1.54, 1.807) is 18.2 Å². The quantitative estimate of drug-likeness (QED) is 0.460. The number of methoxy groups -OCH3 is 1. The average molecular weight is 402 g/mol. The number of carbonyl (C=O) groups excluding carboxylic acids is 1. The monoisotopic (exact) mass is 401 g/mol. The summed E-state index contributed by atoms with van der Waals surface area (Å²) in [7, 11) is 1.51. The molecule has 6 nitrogen and oxygen atoms in total. The Morgan fingerprint density at radius 1 is 1.22 bits per heavy atom. The summed E-state index contributed by atoms with van der Waals surface area (Å²) in [6.07, 6.45) is 1.49. The van der Waals surface area contributed by atoms with Gasteiger partial charge in [0, 0.05) is 9.93 Å². The van der Waals surface area contributed by atoms with E-state index in [9.17, 15) is 9.90 Å². The van der Waals surface area contributed by atoms with Gasteiger partial charge in [-0.15, -0.1) is 10.2 Å². The highest BCUT2D eigenvalue weighted by molar-refractivity contribution is 8.03. The molecule has 0 aliphatic rings. The molecule has 8 heteroatoms. The molecule has 0 amide bonds. The minimum atomic E-state index is -1.33. The number of benzene rings is 2. The van der Waals surface area contributed by atoms with Gasteiger partial charge in [0.25, 0.3) is 11.1 Å². The van der Waals surface area contributed by atoms with Gasteiger partial charge in [-0.25, -0.2) is 0 Å². The Morgan fingerprint density at radius 2 is 1.96 bits per heavy atom.